The van der Waals surface area contributed by atoms with Crippen molar-refractivity contribution < 1.29 is 13.9 Å². The van der Waals surface area contributed by atoms with Crippen LogP contribution in [0.4, 0.5) is 9.18 Å². The van der Waals surface area contributed by atoms with E-state index in [9.17, 15) is 9.18 Å². The number of benzene rings is 2. The van der Waals surface area contributed by atoms with E-state index >= 15 is 0 Å². The summed E-state index contributed by atoms with van der Waals surface area (Å²) in [5, 5.41) is 3.13. The number of hydrogen-bond acceptors (Lipinski definition) is 3. The van der Waals surface area contributed by atoms with Crippen molar-refractivity contribution in [1.82, 2.24) is 10.2 Å². The molecule has 3 aliphatic heterocycles. The van der Waals surface area contributed by atoms with Gasteiger partial charge in [0, 0.05) is 6.54 Å². The number of alkyl carbamates (subject to hydrolysis) is 1. The summed E-state index contributed by atoms with van der Waals surface area (Å²) in [5.41, 5.74) is 2.82. The zero-order chi connectivity index (χ0) is 19.1. The summed E-state index contributed by atoms with van der Waals surface area (Å²) in [6, 6.07) is 14.7. The molecule has 5 heteroatoms. The molecule has 2 bridgehead atoms. The summed E-state index contributed by atoms with van der Waals surface area (Å²) in [4.78, 5) is 14.9. The second-order valence-corrected chi connectivity index (χ2v) is 8.37. The predicted octanol–water partition coefficient (Wildman–Crippen LogP) is 4.30. The summed E-state index contributed by atoms with van der Waals surface area (Å²) in [6.07, 6.45) is 3.86. The van der Waals surface area contributed by atoms with Crippen LogP contribution in [-0.4, -0.2) is 36.7 Å². The van der Waals surface area contributed by atoms with Crippen LogP contribution >= 0.6 is 0 Å². The Kier molecular flexibility index (Phi) is 4.35. The van der Waals surface area contributed by atoms with Gasteiger partial charge < -0.3 is 10.1 Å². The molecule has 0 unspecified atom stereocenters. The fraction of sp³-hybridized carbons (Fsp3) is 0.435. The molecule has 1 atom stereocenters. The lowest BCUT2D eigenvalue weighted by molar-refractivity contribution is -0.0342. The Balaban J connectivity index is 1.24. The Morgan fingerprint density at radius 3 is 2.14 bits per heavy atom. The highest BCUT2D eigenvalue weighted by molar-refractivity contribution is 5.70. The average molecular weight is 380 g/mol. The van der Waals surface area contributed by atoms with Gasteiger partial charge in [-0.1, -0.05) is 36.4 Å². The van der Waals surface area contributed by atoms with Gasteiger partial charge in [0.1, 0.15) is 11.9 Å². The molecule has 4 fully saturated rings. The lowest BCUT2D eigenvalue weighted by atomic mass is 9.86. The number of fused-ring (bicyclic) bond motifs is 3. The van der Waals surface area contributed by atoms with E-state index in [0.29, 0.717) is 5.92 Å². The minimum absolute atomic E-state index is 0.0270. The molecule has 1 aliphatic carbocycles. The van der Waals surface area contributed by atoms with Gasteiger partial charge in [-0.25, -0.2) is 9.18 Å². The van der Waals surface area contributed by atoms with E-state index in [0.717, 1.165) is 62.0 Å². The van der Waals surface area contributed by atoms with Crippen LogP contribution in [0.15, 0.2) is 48.5 Å². The summed E-state index contributed by atoms with van der Waals surface area (Å²) >= 11 is 0. The Labute approximate surface area is 164 Å². The van der Waals surface area contributed by atoms with Crippen molar-refractivity contribution in [2.24, 2.45) is 5.92 Å². The molecule has 1 N–H and O–H groups in total. The molecule has 0 aromatic heterocycles. The number of carbonyl (C=O) groups is 1. The first-order valence-corrected chi connectivity index (χ1v) is 10.2. The first-order valence-electron chi connectivity index (χ1n) is 10.2. The van der Waals surface area contributed by atoms with Gasteiger partial charge in [-0.2, -0.15) is 0 Å². The van der Waals surface area contributed by atoms with E-state index in [1.165, 1.54) is 12.1 Å². The van der Waals surface area contributed by atoms with Crippen molar-refractivity contribution in [2.75, 3.05) is 19.6 Å². The van der Waals surface area contributed by atoms with Crippen molar-refractivity contribution in [3.8, 4) is 11.1 Å². The maximum Gasteiger partial charge on any atom is 0.408 e. The fourth-order valence-corrected chi connectivity index (χ4v) is 4.64. The van der Waals surface area contributed by atoms with Gasteiger partial charge in [-0.05, 0) is 73.5 Å². The van der Waals surface area contributed by atoms with Crippen LogP contribution < -0.4 is 5.32 Å². The highest BCUT2D eigenvalue weighted by Crippen LogP contribution is 2.46. The van der Waals surface area contributed by atoms with Gasteiger partial charge >= 0.3 is 6.09 Å². The van der Waals surface area contributed by atoms with Gasteiger partial charge in [0.05, 0.1) is 5.54 Å². The lowest BCUT2D eigenvalue weighted by Crippen LogP contribution is -2.53. The summed E-state index contributed by atoms with van der Waals surface area (Å²) < 4.78 is 18.9. The molecule has 4 aliphatic rings. The van der Waals surface area contributed by atoms with Gasteiger partial charge in [0.15, 0.2) is 0 Å². The monoisotopic (exact) mass is 380 g/mol. The van der Waals surface area contributed by atoms with E-state index in [2.05, 4.69) is 22.3 Å². The predicted molar refractivity (Wildman–Crippen MR) is 105 cm³/mol. The highest BCUT2D eigenvalue weighted by atomic mass is 19.1. The summed E-state index contributed by atoms with van der Waals surface area (Å²) in [7, 11) is 0. The molecule has 4 nitrogen and oxygen atoms in total. The maximum atomic E-state index is 13.1. The number of amides is 1. The molecule has 0 radical (unpaired) electrons. The third-order valence-corrected chi connectivity index (χ3v) is 6.56. The molecule has 0 spiro atoms. The Hall–Kier alpha value is -2.40. The van der Waals surface area contributed by atoms with Gasteiger partial charge in [-0.3, -0.25) is 4.90 Å². The topological polar surface area (TPSA) is 41.6 Å². The van der Waals surface area contributed by atoms with Crippen LogP contribution in [0.25, 0.3) is 11.1 Å². The zero-order valence-electron chi connectivity index (χ0n) is 15.9. The van der Waals surface area contributed by atoms with E-state index in [-0.39, 0.29) is 23.6 Å². The number of piperidine rings is 3. The Morgan fingerprint density at radius 2 is 1.61 bits per heavy atom. The molecule has 1 amide bonds. The van der Waals surface area contributed by atoms with E-state index < -0.39 is 0 Å². The number of nitrogens with zero attached hydrogens (tertiary/aromatic N) is 1. The largest absolute Gasteiger partial charge is 0.445 e. The molecular formula is C23H25FN2O2. The van der Waals surface area contributed by atoms with Crippen molar-refractivity contribution in [2.45, 2.75) is 37.3 Å². The minimum atomic E-state index is -0.299. The molecule has 3 saturated heterocycles. The zero-order valence-corrected chi connectivity index (χ0v) is 15.9. The van der Waals surface area contributed by atoms with Gasteiger partial charge in [0.25, 0.3) is 0 Å². The normalized spacial score (nSPS) is 27.2. The number of nitrogens with one attached hydrogen (secondary N) is 1. The SMILES string of the molecule is O=C(NC1(c2ccc(-c3ccc(F)cc3)cc2)CC1)O[C@@H]1CN2CCC1CC2. The number of hydrogen-bond donors (Lipinski definition) is 1. The molecule has 2 aromatic carbocycles. The standard InChI is InChI=1S/C23H25FN2O2/c24-20-7-3-17(4-8-20)16-1-5-19(6-2-16)23(11-12-23)25-22(27)28-21-15-26-13-9-18(21)10-14-26/h1-8,18,21H,9-15H2,(H,25,27)/t21-/m1/s1. The number of rotatable bonds is 4. The molecule has 2 aromatic rings. The minimum Gasteiger partial charge on any atom is -0.445 e. The molecule has 1 saturated carbocycles. The lowest BCUT2D eigenvalue weighted by Gasteiger charge is -2.44. The maximum absolute atomic E-state index is 13.1. The first kappa shape index (κ1) is 17.7. The smallest absolute Gasteiger partial charge is 0.408 e. The first-order chi connectivity index (χ1) is 13.6. The average Bonchev–Trinajstić information content (AvgIpc) is 3.50. The quantitative estimate of drug-likeness (QED) is 0.860. The summed E-state index contributed by atoms with van der Waals surface area (Å²) in [5.74, 6) is 0.281. The fourth-order valence-electron chi connectivity index (χ4n) is 4.64. The van der Waals surface area contributed by atoms with Crippen molar-refractivity contribution in [1.29, 1.82) is 0 Å². The van der Waals surface area contributed by atoms with Crippen molar-refractivity contribution >= 4 is 6.09 Å². The summed E-state index contributed by atoms with van der Waals surface area (Å²) in [6.45, 7) is 3.14. The molecule has 146 valence electrons. The Morgan fingerprint density at radius 1 is 1.00 bits per heavy atom. The van der Waals surface area contributed by atoms with Gasteiger partial charge in [-0.15, -0.1) is 0 Å². The molecule has 3 heterocycles. The van der Waals surface area contributed by atoms with Crippen molar-refractivity contribution in [3.05, 3.63) is 59.9 Å². The molecule has 6 rings (SSSR count). The van der Waals surface area contributed by atoms with Gasteiger partial charge in [0.2, 0.25) is 0 Å². The third-order valence-electron chi connectivity index (χ3n) is 6.56. The second kappa shape index (κ2) is 6.89. The highest BCUT2D eigenvalue weighted by Gasteiger charge is 2.47. The van der Waals surface area contributed by atoms with Crippen molar-refractivity contribution in [3.63, 3.8) is 0 Å². The third kappa shape index (κ3) is 3.39. The van der Waals surface area contributed by atoms with Crippen LogP contribution in [0.2, 0.25) is 0 Å². The van der Waals surface area contributed by atoms with Crippen LogP contribution in [0, 0.1) is 11.7 Å². The van der Waals surface area contributed by atoms with Crippen LogP contribution in [-0.2, 0) is 10.3 Å². The van der Waals surface area contributed by atoms with E-state index in [4.69, 9.17) is 4.74 Å². The van der Waals surface area contributed by atoms with Crippen LogP contribution in [0.3, 0.4) is 0 Å². The number of ether oxygens (including phenoxy) is 1. The Bertz CT molecular complexity index is 853. The molecule has 28 heavy (non-hydrogen) atoms. The van der Waals surface area contributed by atoms with Crippen LogP contribution in [0.5, 0.6) is 0 Å². The van der Waals surface area contributed by atoms with Crippen LogP contribution in [0.1, 0.15) is 31.2 Å². The number of halogens is 1. The van der Waals surface area contributed by atoms with E-state index in [1.807, 2.05) is 12.1 Å². The molecular weight excluding hydrogens is 355 g/mol. The van der Waals surface area contributed by atoms with E-state index in [1.54, 1.807) is 12.1 Å². The second-order valence-electron chi connectivity index (χ2n) is 8.37. The number of carbonyl (C=O) groups excluding carboxylic acids is 1.